The Labute approximate surface area is 199 Å². The number of fused-ring (bicyclic) bond motifs is 5. The lowest BCUT2D eigenvalue weighted by atomic mass is 9.66. The molecule has 2 N–H and O–H groups in total. The van der Waals surface area contributed by atoms with Gasteiger partial charge >= 0.3 is 5.97 Å². The van der Waals surface area contributed by atoms with Crippen molar-refractivity contribution in [2.45, 2.75) is 50.9 Å². The van der Waals surface area contributed by atoms with Gasteiger partial charge in [0.15, 0.2) is 6.10 Å². The molecule has 0 fully saturated rings. The van der Waals surface area contributed by atoms with Gasteiger partial charge in [0, 0.05) is 41.7 Å². The van der Waals surface area contributed by atoms with Crippen LogP contribution < -0.4 is 5.56 Å². The van der Waals surface area contributed by atoms with E-state index < -0.39 is 17.5 Å². The van der Waals surface area contributed by atoms with Crippen molar-refractivity contribution >= 4 is 16.9 Å². The van der Waals surface area contributed by atoms with Gasteiger partial charge in [-0.15, -0.1) is 0 Å². The summed E-state index contributed by atoms with van der Waals surface area (Å²) in [6, 6.07) is 3.04. The molecule has 182 valence electrons. The van der Waals surface area contributed by atoms with Crippen molar-refractivity contribution < 1.29 is 28.9 Å². The van der Waals surface area contributed by atoms with Crippen LogP contribution >= 0.6 is 0 Å². The summed E-state index contributed by atoms with van der Waals surface area (Å²) in [5.74, 6) is -1.14. The molecule has 2 aliphatic heterocycles. The molecular weight excluding hydrogens is 455 g/mol. The van der Waals surface area contributed by atoms with Gasteiger partial charge in [-0.1, -0.05) is 0 Å². The van der Waals surface area contributed by atoms with Crippen molar-refractivity contribution in [3.63, 3.8) is 0 Å². The maximum absolute atomic E-state index is 14.9. The number of methoxy groups -OCH3 is 1. The predicted molar refractivity (Wildman–Crippen MR) is 124 cm³/mol. The maximum Gasteiger partial charge on any atom is 0.340 e. The lowest BCUT2D eigenvalue weighted by Crippen LogP contribution is -2.38. The number of benzene rings is 1. The van der Waals surface area contributed by atoms with Crippen LogP contribution in [-0.2, 0) is 39.3 Å². The molecule has 0 saturated heterocycles. The van der Waals surface area contributed by atoms with Crippen LogP contribution in [0.2, 0.25) is 0 Å². The molecule has 0 radical (unpaired) electrons. The lowest BCUT2D eigenvalue weighted by Gasteiger charge is -2.40. The Bertz CT molecular complexity index is 1490. The fraction of sp³-hybridized carbons (Fsp3) is 0.423. The zero-order valence-electron chi connectivity index (χ0n) is 19.5. The molecular formula is C26H25FN2O6. The van der Waals surface area contributed by atoms with Crippen LogP contribution in [0.15, 0.2) is 16.9 Å². The summed E-state index contributed by atoms with van der Waals surface area (Å²) in [6.45, 7) is 2.12. The molecule has 0 bridgehead atoms. The zero-order valence-corrected chi connectivity index (χ0v) is 19.5. The second kappa shape index (κ2) is 7.68. The normalized spacial score (nSPS) is 22.1. The zero-order chi connectivity index (χ0) is 24.6. The van der Waals surface area contributed by atoms with Gasteiger partial charge in [0.2, 0.25) is 0 Å². The molecule has 2 unspecified atom stereocenters. The minimum Gasteiger partial charge on any atom is -0.458 e. The van der Waals surface area contributed by atoms with Crippen molar-refractivity contribution in [3.8, 4) is 11.4 Å². The smallest absolute Gasteiger partial charge is 0.340 e. The summed E-state index contributed by atoms with van der Waals surface area (Å²) in [5, 5.41) is 21.3. The monoisotopic (exact) mass is 480 g/mol. The van der Waals surface area contributed by atoms with Gasteiger partial charge < -0.3 is 24.3 Å². The lowest BCUT2D eigenvalue weighted by molar-refractivity contribution is -0.157. The largest absolute Gasteiger partial charge is 0.458 e. The van der Waals surface area contributed by atoms with Crippen LogP contribution in [0.4, 0.5) is 4.39 Å². The number of cyclic esters (lactones) is 1. The molecule has 8 nitrogen and oxygen atoms in total. The van der Waals surface area contributed by atoms with E-state index in [1.807, 2.05) is 0 Å². The van der Waals surface area contributed by atoms with Crippen LogP contribution in [-0.4, -0.2) is 46.1 Å². The number of pyridine rings is 2. The SMILES string of the molecule is COCC1(CCO)CCc2c(C)c(F)cc3nc4c(c1c23)Cn1c-4cc2c(c1=O)COC(=O)C2O. The van der Waals surface area contributed by atoms with Gasteiger partial charge in [-0.05, 0) is 48.9 Å². The number of aryl methyl sites for hydroxylation is 1. The molecule has 0 spiro atoms. The van der Waals surface area contributed by atoms with Crippen LogP contribution in [0.1, 0.15) is 52.3 Å². The molecule has 9 heteroatoms. The molecule has 2 aromatic heterocycles. The van der Waals surface area contributed by atoms with Crippen LogP contribution in [0.5, 0.6) is 0 Å². The minimum atomic E-state index is -1.55. The van der Waals surface area contributed by atoms with Crippen LogP contribution in [0.25, 0.3) is 22.3 Å². The number of esters is 1. The number of carbonyl (C=O) groups is 1. The second-order valence-electron chi connectivity index (χ2n) is 9.72. The highest BCUT2D eigenvalue weighted by Gasteiger charge is 2.43. The van der Waals surface area contributed by atoms with Crippen molar-refractivity contribution in [3.05, 3.63) is 61.7 Å². The fourth-order valence-corrected chi connectivity index (χ4v) is 6.28. The van der Waals surface area contributed by atoms with Gasteiger partial charge in [-0.3, -0.25) is 4.79 Å². The molecule has 1 aliphatic carbocycles. The molecule has 3 aromatic rings. The van der Waals surface area contributed by atoms with Gasteiger partial charge in [0.05, 0.1) is 35.6 Å². The van der Waals surface area contributed by atoms with Crippen LogP contribution in [0.3, 0.4) is 0 Å². The topological polar surface area (TPSA) is 111 Å². The fourth-order valence-electron chi connectivity index (χ4n) is 6.28. The number of hydrogen-bond acceptors (Lipinski definition) is 7. The molecule has 35 heavy (non-hydrogen) atoms. The second-order valence-corrected chi connectivity index (χ2v) is 9.72. The maximum atomic E-state index is 14.9. The molecule has 2 atom stereocenters. The first kappa shape index (κ1) is 22.3. The Kier molecular flexibility index (Phi) is 4.90. The third-order valence-corrected chi connectivity index (χ3v) is 7.97. The van der Waals surface area contributed by atoms with E-state index in [9.17, 15) is 24.2 Å². The number of ether oxygens (including phenoxy) is 2. The Hall–Kier alpha value is -3.14. The van der Waals surface area contributed by atoms with Crippen molar-refractivity contribution in [1.29, 1.82) is 0 Å². The first-order valence-electron chi connectivity index (χ1n) is 11.7. The number of aliphatic hydroxyl groups excluding tert-OH is 2. The standard InChI is InChI=1S/C26H25FN2O6/c1-12-13-3-4-26(5-6-30,11-34-2)21-15-9-29-19(22(15)28-18(20(13)21)8-17(12)27)7-14-16(24(29)32)10-35-25(33)23(14)31/h7-8,23,30-31H,3-6,9-11H2,1-2H3. The van der Waals surface area contributed by atoms with E-state index in [2.05, 4.69) is 0 Å². The third-order valence-electron chi connectivity index (χ3n) is 7.97. The highest BCUT2D eigenvalue weighted by atomic mass is 19.1. The Morgan fingerprint density at radius 3 is 2.83 bits per heavy atom. The third kappa shape index (κ3) is 2.92. The average molecular weight is 480 g/mol. The number of rotatable bonds is 4. The average Bonchev–Trinajstić information content (AvgIpc) is 3.20. The van der Waals surface area contributed by atoms with E-state index in [4.69, 9.17) is 14.5 Å². The molecule has 4 heterocycles. The summed E-state index contributed by atoms with van der Waals surface area (Å²) in [4.78, 5) is 30.2. The number of aromatic nitrogens is 2. The van der Waals surface area contributed by atoms with Crippen molar-refractivity contribution in [2.75, 3.05) is 20.3 Å². The highest BCUT2D eigenvalue weighted by molar-refractivity contribution is 5.93. The number of carbonyl (C=O) groups excluding carboxylic acids is 1. The molecule has 3 aliphatic rings. The highest BCUT2D eigenvalue weighted by Crippen LogP contribution is 2.49. The van der Waals surface area contributed by atoms with E-state index >= 15 is 0 Å². The summed E-state index contributed by atoms with van der Waals surface area (Å²) < 4.78 is 27.1. The summed E-state index contributed by atoms with van der Waals surface area (Å²) >= 11 is 0. The summed E-state index contributed by atoms with van der Waals surface area (Å²) in [5.41, 5.74) is 4.29. The number of nitrogens with zero attached hydrogens (tertiary/aromatic N) is 2. The van der Waals surface area contributed by atoms with E-state index in [0.717, 1.165) is 22.1 Å². The van der Waals surface area contributed by atoms with Crippen LogP contribution in [0, 0.1) is 12.7 Å². The van der Waals surface area contributed by atoms with E-state index in [1.54, 1.807) is 24.7 Å². The Morgan fingerprint density at radius 1 is 1.29 bits per heavy atom. The first-order chi connectivity index (χ1) is 16.8. The van der Waals surface area contributed by atoms with Gasteiger partial charge in [0.25, 0.3) is 5.56 Å². The Morgan fingerprint density at radius 2 is 2.09 bits per heavy atom. The molecule has 1 aromatic carbocycles. The van der Waals surface area contributed by atoms with Gasteiger partial charge in [0.1, 0.15) is 12.4 Å². The quantitative estimate of drug-likeness (QED) is 0.431. The summed E-state index contributed by atoms with van der Waals surface area (Å²) in [6.07, 6.45) is 0.191. The first-order valence-corrected chi connectivity index (χ1v) is 11.7. The molecule has 0 amide bonds. The minimum absolute atomic E-state index is 0.0513. The van der Waals surface area contributed by atoms with Crippen molar-refractivity contribution in [2.24, 2.45) is 0 Å². The van der Waals surface area contributed by atoms with Gasteiger partial charge in [-0.2, -0.15) is 0 Å². The predicted octanol–water partition coefficient (Wildman–Crippen LogP) is 2.18. The summed E-state index contributed by atoms with van der Waals surface area (Å²) in [7, 11) is 1.62. The molecule has 6 rings (SSSR count). The Balaban J connectivity index is 1.71. The van der Waals surface area contributed by atoms with E-state index in [1.165, 1.54) is 6.07 Å². The molecule has 0 saturated carbocycles. The number of hydrogen-bond donors (Lipinski definition) is 2. The van der Waals surface area contributed by atoms with E-state index in [-0.39, 0.29) is 42.3 Å². The van der Waals surface area contributed by atoms with Gasteiger partial charge in [-0.25, -0.2) is 14.2 Å². The van der Waals surface area contributed by atoms with E-state index in [0.29, 0.717) is 48.3 Å². The van der Waals surface area contributed by atoms with Crippen molar-refractivity contribution in [1.82, 2.24) is 9.55 Å². The number of halogens is 1. The number of aliphatic hydroxyl groups is 2.